The summed E-state index contributed by atoms with van der Waals surface area (Å²) in [4.78, 5) is 3.90. The molecule has 1 heterocycles. The minimum atomic E-state index is 0.465. The standard InChI is InChI=1S/C12H11BrN2O/c13-10-3-1-2-9(6-10)8-16-11-4-5-15-12(14)7-11/h1-7H,8H2,(H2,14,15). The number of nitrogens with zero attached hydrogens (tertiary/aromatic N) is 1. The lowest BCUT2D eigenvalue weighted by Gasteiger charge is -2.06. The molecule has 0 saturated heterocycles. The highest BCUT2D eigenvalue weighted by Gasteiger charge is 1.97. The molecule has 4 heteroatoms. The number of halogens is 1. The second kappa shape index (κ2) is 4.99. The first-order valence-electron chi connectivity index (χ1n) is 4.83. The SMILES string of the molecule is Nc1cc(OCc2cccc(Br)c2)ccn1. The summed E-state index contributed by atoms with van der Waals surface area (Å²) in [7, 11) is 0. The fourth-order valence-corrected chi connectivity index (χ4v) is 1.76. The smallest absolute Gasteiger partial charge is 0.126 e. The third-order valence-electron chi connectivity index (χ3n) is 2.05. The van der Waals surface area contributed by atoms with Gasteiger partial charge in [0.2, 0.25) is 0 Å². The average molecular weight is 279 g/mol. The van der Waals surface area contributed by atoms with Gasteiger partial charge in [-0.1, -0.05) is 28.1 Å². The summed E-state index contributed by atoms with van der Waals surface area (Å²) in [6.45, 7) is 0.517. The van der Waals surface area contributed by atoms with Crippen molar-refractivity contribution < 1.29 is 4.74 Å². The molecule has 2 aromatic rings. The minimum Gasteiger partial charge on any atom is -0.489 e. The van der Waals surface area contributed by atoms with Crippen LogP contribution in [-0.2, 0) is 6.61 Å². The fourth-order valence-electron chi connectivity index (χ4n) is 1.31. The number of hydrogen-bond donors (Lipinski definition) is 1. The maximum absolute atomic E-state index is 5.59. The fraction of sp³-hybridized carbons (Fsp3) is 0.0833. The molecule has 0 radical (unpaired) electrons. The summed E-state index contributed by atoms with van der Waals surface area (Å²) in [6.07, 6.45) is 1.63. The quantitative estimate of drug-likeness (QED) is 0.939. The van der Waals surface area contributed by atoms with E-state index in [1.807, 2.05) is 24.3 Å². The largest absolute Gasteiger partial charge is 0.489 e. The molecular formula is C12H11BrN2O. The van der Waals surface area contributed by atoms with Gasteiger partial charge in [0.1, 0.15) is 18.2 Å². The van der Waals surface area contributed by atoms with Crippen molar-refractivity contribution in [3.63, 3.8) is 0 Å². The summed E-state index contributed by atoms with van der Waals surface area (Å²) in [6, 6.07) is 11.5. The van der Waals surface area contributed by atoms with E-state index in [9.17, 15) is 0 Å². The Hall–Kier alpha value is -1.55. The second-order valence-corrected chi connectivity index (χ2v) is 4.25. The van der Waals surface area contributed by atoms with Crippen molar-refractivity contribution in [3.05, 3.63) is 52.6 Å². The molecule has 3 nitrogen and oxygen atoms in total. The van der Waals surface area contributed by atoms with Gasteiger partial charge in [0.25, 0.3) is 0 Å². The third kappa shape index (κ3) is 2.97. The zero-order valence-electron chi connectivity index (χ0n) is 8.56. The zero-order chi connectivity index (χ0) is 11.4. The van der Waals surface area contributed by atoms with E-state index in [-0.39, 0.29) is 0 Å². The summed E-state index contributed by atoms with van der Waals surface area (Å²) in [5.41, 5.74) is 6.65. The molecule has 0 amide bonds. The molecule has 82 valence electrons. The normalized spacial score (nSPS) is 10.1. The van der Waals surface area contributed by atoms with E-state index < -0.39 is 0 Å². The maximum atomic E-state index is 5.59. The van der Waals surface area contributed by atoms with Crippen LogP contribution >= 0.6 is 15.9 Å². The number of rotatable bonds is 3. The van der Waals surface area contributed by atoms with Gasteiger partial charge in [0.05, 0.1) is 0 Å². The van der Waals surface area contributed by atoms with Crippen LogP contribution in [0.25, 0.3) is 0 Å². The molecule has 1 aromatic carbocycles. The van der Waals surface area contributed by atoms with Gasteiger partial charge in [-0.15, -0.1) is 0 Å². The Morgan fingerprint density at radius 2 is 2.12 bits per heavy atom. The first kappa shape index (κ1) is 11.0. The summed E-state index contributed by atoms with van der Waals surface area (Å²) in [5, 5.41) is 0. The van der Waals surface area contributed by atoms with Crippen LogP contribution in [0.2, 0.25) is 0 Å². The Morgan fingerprint density at radius 1 is 1.25 bits per heavy atom. The summed E-state index contributed by atoms with van der Waals surface area (Å²) < 4.78 is 6.63. The lowest BCUT2D eigenvalue weighted by atomic mass is 10.2. The molecule has 16 heavy (non-hydrogen) atoms. The molecule has 0 unspecified atom stereocenters. The van der Waals surface area contributed by atoms with Gasteiger partial charge in [-0.25, -0.2) is 4.98 Å². The van der Waals surface area contributed by atoms with Crippen LogP contribution < -0.4 is 10.5 Å². The summed E-state index contributed by atoms with van der Waals surface area (Å²) in [5.74, 6) is 1.19. The molecule has 2 N–H and O–H groups in total. The van der Waals surface area contributed by atoms with E-state index in [1.54, 1.807) is 18.3 Å². The Bertz CT molecular complexity index is 442. The molecular weight excluding hydrogens is 268 g/mol. The highest BCUT2D eigenvalue weighted by atomic mass is 79.9. The Kier molecular flexibility index (Phi) is 3.41. The molecule has 0 bridgehead atoms. The topological polar surface area (TPSA) is 48.1 Å². The predicted octanol–water partition coefficient (Wildman–Crippen LogP) is 3.01. The van der Waals surface area contributed by atoms with Gasteiger partial charge in [-0.2, -0.15) is 0 Å². The maximum Gasteiger partial charge on any atom is 0.126 e. The van der Waals surface area contributed by atoms with Crippen LogP contribution in [0.1, 0.15) is 5.56 Å². The Labute approximate surface area is 102 Å². The molecule has 0 fully saturated rings. The number of benzene rings is 1. The van der Waals surface area contributed by atoms with E-state index in [1.165, 1.54) is 0 Å². The number of pyridine rings is 1. The van der Waals surface area contributed by atoms with Crippen molar-refractivity contribution in [1.29, 1.82) is 0 Å². The van der Waals surface area contributed by atoms with Crippen molar-refractivity contribution in [2.24, 2.45) is 0 Å². The highest BCUT2D eigenvalue weighted by Crippen LogP contribution is 2.16. The van der Waals surface area contributed by atoms with E-state index in [0.717, 1.165) is 15.8 Å². The average Bonchev–Trinajstić information content (AvgIpc) is 2.27. The minimum absolute atomic E-state index is 0.465. The first-order valence-corrected chi connectivity index (χ1v) is 5.62. The van der Waals surface area contributed by atoms with E-state index in [2.05, 4.69) is 20.9 Å². The lowest BCUT2D eigenvalue weighted by Crippen LogP contribution is -1.97. The van der Waals surface area contributed by atoms with Crippen LogP contribution in [-0.4, -0.2) is 4.98 Å². The van der Waals surface area contributed by atoms with Gasteiger partial charge in [-0.05, 0) is 23.8 Å². The molecule has 2 rings (SSSR count). The van der Waals surface area contributed by atoms with Gasteiger partial charge in [0, 0.05) is 16.7 Å². The molecule has 0 aliphatic rings. The predicted molar refractivity (Wildman–Crippen MR) is 67.1 cm³/mol. The molecule has 0 saturated carbocycles. The number of nitrogens with two attached hydrogens (primary N) is 1. The number of aromatic nitrogens is 1. The van der Waals surface area contributed by atoms with Gasteiger partial charge < -0.3 is 10.5 Å². The van der Waals surface area contributed by atoms with Crippen molar-refractivity contribution in [1.82, 2.24) is 4.98 Å². The van der Waals surface area contributed by atoms with Crippen LogP contribution in [0.5, 0.6) is 5.75 Å². The number of ether oxygens (including phenoxy) is 1. The molecule has 0 aliphatic heterocycles. The van der Waals surface area contributed by atoms with E-state index >= 15 is 0 Å². The lowest BCUT2D eigenvalue weighted by molar-refractivity contribution is 0.306. The zero-order valence-corrected chi connectivity index (χ0v) is 10.1. The van der Waals surface area contributed by atoms with Crippen molar-refractivity contribution in [2.75, 3.05) is 5.73 Å². The second-order valence-electron chi connectivity index (χ2n) is 3.34. The van der Waals surface area contributed by atoms with E-state index in [4.69, 9.17) is 10.5 Å². The van der Waals surface area contributed by atoms with Crippen molar-refractivity contribution in [2.45, 2.75) is 6.61 Å². The highest BCUT2D eigenvalue weighted by molar-refractivity contribution is 9.10. The van der Waals surface area contributed by atoms with E-state index in [0.29, 0.717) is 12.4 Å². The third-order valence-corrected chi connectivity index (χ3v) is 2.54. The first-order chi connectivity index (χ1) is 7.74. The molecule has 0 aliphatic carbocycles. The molecule has 0 atom stereocenters. The number of hydrogen-bond acceptors (Lipinski definition) is 3. The monoisotopic (exact) mass is 278 g/mol. The Balaban J connectivity index is 2.02. The van der Waals surface area contributed by atoms with Gasteiger partial charge >= 0.3 is 0 Å². The van der Waals surface area contributed by atoms with Gasteiger partial charge in [0.15, 0.2) is 0 Å². The Morgan fingerprint density at radius 3 is 2.88 bits per heavy atom. The van der Waals surface area contributed by atoms with Crippen LogP contribution in [0.15, 0.2) is 47.1 Å². The summed E-state index contributed by atoms with van der Waals surface area (Å²) >= 11 is 3.41. The van der Waals surface area contributed by atoms with Crippen LogP contribution in [0.4, 0.5) is 5.82 Å². The number of anilines is 1. The van der Waals surface area contributed by atoms with Crippen LogP contribution in [0.3, 0.4) is 0 Å². The van der Waals surface area contributed by atoms with Crippen molar-refractivity contribution in [3.8, 4) is 5.75 Å². The molecule has 0 spiro atoms. The van der Waals surface area contributed by atoms with Crippen LogP contribution in [0, 0.1) is 0 Å². The molecule has 1 aromatic heterocycles. The van der Waals surface area contributed by atoms with Gasteiger partial charge in [-0.3, -0.25) is 0 Å². The van der Waals surface area contributed by atoms with Crippen molar-refractivity contribution >= 4 is 21.7 Å². The number of nitrogen functional groups attached to an aromatic ring is 1.